The lowest BCUT2D eigenvalue weighted by Crippen LogP contribution is -2.12. The number of carbonyl (C=O) groups is 1. The molecule has 92 valence electrons. The topological polar surface area (TPSA) is 59.8 Å². The van der Waals surface area contributed by atoms with Crippen LogP contribution in [0.3, 0.4) is 0 Å². The average molecular weight is 242 g/mol. The van der Waals surface area contributed by atoms with Gasteiger partial charge in [0.2, 0.25) is 0 Å². The molecule has 0 fully saturated rings. The summed E-state index contributed by atoms with van der Waals surface area (Å²) in [5, 5.41) is 2.72. The van der Waals surface area contributed by atoms with Crippen molar-refractivity contribution in [3.05, 3.63) is 48.2 Å². The molecule has 5 nitrogen and oxygen atoms in total. The molecule has 2 heterocycles. The number of rotatable bonds is 3. The van der Waals surface area contributed by atoms with Gasteiger partial charge in [-0.1, -0.05) is 6.07 Å². The Labute approximate surface area is 105 Å². The fourth-order valence-corrected chi connectivity index (χ4v) is 1.47. The van der Waals surface area contributed by atoms with Crippen LogP contribution < -0.4 is 5.32 Å². The molecule has 0 aromatic carbocycles. The molecule has 0 atom stereocenters. The molecule has 2 rings (SSSR count). The van der Waals surface area contributed by atoms with E-state index in [4.69, 9.17) is 0 Å². The zero-order valence-corrected chi connectivity index (χ0v) is 10.3. The molecule has 18 heavy (non-hydrogen) atoms. The van der Waals surface area contributed by atoms with Gasteiger partial charge in [0.15, 0.2) is 5.82 Å². The third-order valence-electron chi connectivity index (χ3n) is 2.37. The van der Waals surface area contributed by atoms with Crippen molar-refractivity contribution in [3.63, 3.8) is 0 Å². The highest BCUT2D eigenvalue weighted by atomic mass is 16.1. The zero-order chi connectivity index (χ0) is 13.0. The molecule has 5 heteroatoms. The Bertz CT molecular complexity index is 572. The first-order valence-corrected chi connectivity index (χ1v) is 5.53. The van der Waals surface area contributed by atoms with Crippen LogP contribution in [0, 0.1) is 0 Å². The maximum Gasteiger partial charge on any atom is 0.252 e. The van der Waals surface area contributed by atoms with Gasteiger partial charge in [-0.15, -0.1) is 0 Å². The van der Waals surface area contributed by atoms with Gasteiger partial charge in [0.05, 0.1) is 6.33 Å². The van der Waals surface area contributed by atoms with Crippen LogP contribution >= 0.6 is 0 Å². The van der Waals surface area contributed by atoms with E-state index >= 15 is 0 Å². The van der Waals surface area contributed by atoms with Crippen molar-refractivity contribution in [2.45, 2.75) is 6.92 Å². The van der Waals surface area contributed by atoms with E-state index in [1.54, 1.807) is 42.5 Å². The van der Waals surface area contributed by atoms with E-state index in [0.717, 1.165) is 5.56 Å². The first kappa shape index (κ1) is 12.0. The van der Waals surface area contributed by atoms with Crippen molar-refractivity contribution in [1.82, 2.24) is 14.5 Å². The van der Waals surface area contributed by atoms with Crippen LogP contribution in [-0.4, -0.2) is 20.4 Å². The summed E-state index contributed by atoms with van der Waals surface area (Å²) < 4.78 is 1.77. The highest BCUT2D eigenvalue weighted by Gasteiger charge is 2.06. The van der Waals surface area contributed by atoms with Gasteiger partial charge in [0.25, 0.3) is 5.91 Å². The minimum atomic E-state index is -0.169. The number of hydrogen-bond donors (Lipinski definition) is 1. The fourth-order valence-electron chi connectivity index (χ4n) is 1.47. The van der Waals surface area contributed by atoms with Crippen molar-refractivity contribution in [3.8, 4) is 0 Å². The number of hydrogen-bond acceptors (Lipinski definition) is 3. The Balaban J connectivity index is 2.07. The van der Waals surface area contributed by atoms with E-state index in [2.05, 4.69) is 15.3 Å². The number of pyridine rings is 1. The summed E-state index contributed by atoms with van der Waals surface area (Å²) in [6.45, 7) is 1.76. The normalized spacial score (nSPS) is 11.3. The Hall–Kier alpha value is -2.43. The number of anilines is 1. The standard InChI is InChI=1S/C13H14N4O/c1-10(6-11-4-3-5-14-7-11)13(18)16-12-8-17(2)9-15-12/h3-9H,1-2H3,(H,16,18)/b10-6-. The number of carbonyl (C=O) groups excluding carboxylic acids is 1. The monoisotopic (exact) mass is 242 g/mol. The minimum absolute atomic E-state index is 0.169. The van der Waals surface area contributed by atoms with Crippen LogP contribution in [0.15, 0.2) is 42.6 Å². The molecule has 0 aliphatic carbocycles. The molecule has 1 N–H and O–H groups in total. The maximum atomic E-state index is 11.9. The summed E-state index contributed by atoms with van der Waals surface area (Å²) >= 11 is 0. The highest BCUT2D eigenvalue weighted by molar-refractivity contribution is 6.05. The zero-order valence-electron chi connectivity index (χ0n) is 10.3. The summed E-state index contributed by atoms with van der Waals surface area (Å²) in [6, 6.07) is 3.72. The lowest BCUT2D eigenvalue weighted by molar-refractivity contribution is -0.112. The average Bonchev–Trinajstić information content (AvgIpc) is 2.76. The molecule has 0 saturated carbocycles. The van der Waals surface area contributed by atoms with Crippen molar-refractivity contribution < 1.29 is 4.79 Å². The lowest BCUT2D eigenvalue weighted by atomic mass is 10.2. The molecule has 0 aliphatic rings. The Morgan fingerprint density at radius 1 is 1.50 bits per heavy atom. The van der Waals surface area contributed by atoms with E-state index in [9.17, 15) is 4.79 Å². The first-order valence-electron chi connectivity index (χ1n) is 5.53. The molecular formula is C13H14N4O. The van der Waals surface area contributed by atoms with Gasteiger partial charge in [-0.3, -0.25) is 9.78 Å². The fraction of sp³-hybridized carbons (Fsp3) is 0.154. The van der Waals surface area contributed by atoms with Crippen LogP contribution in [0.2, 0.25) is 0 Å². The number of aromatic nitrogens is 3. The van der Waals surface area contributed by atoms with Gasteiger partial charge in [-0.2, -0.15) is 0 Å². The second-order valence-corrected chi connectivity index (χ2v) is 3.99. The second kappa shape index (κ2) is 5.27. The van der Waals surface area contributed by atoms with Crippen LogP contribution in [-0.2, 0) is 11.8 Å². The van der Waals surface area contributed by atoms with Gasteiger partial charge in [-0.05, 0) is 24.6 Å². The van der Waals surface area contributed by atoms with Crippen molar-refractivity contribution in [2.75, 3.05) is 5.32 Å². The van der Waals surface area contributed by atoms with E-state index < -0.39 is 0 Å². The van der Waals surface area contributed by atoms with Crippen LogP contribution in [0.4, 0.5) is 5.82 Å². The number of nitrogens with zero attached hydrogens (tertiary/aromatic N) is 3. The quantitative estimate of drug-likeness (QED) is 0.836. The minimum Gasteiger partial charge on any atom is -0.338 e. The number of nitrogens with one attached hydrogen (secondary N) is 1. The summed E-state index contributed by atoms with van der Waals surface area (Å²) in [4.78, 5) is 19.9. The van der Waals surface area contributed by atoms with Gasteiger partial charge in [0, 0.05) is 31.2 Å². The third kappa shape index (κ3) is 3.04. The lowest BCUT2D eigenvalue weighted by Gasteiger charge is -2.02. The molecule has 1 amide bonds. The van der Waals surface area contributed by atoms with Crippen molar-refractivity contribution in [2.24, 2.45) is 7.05 Å². The van der Waals surface area contributed by atoms with Crippen LogP contribution in [0.25, 0.3) is 6.08 Å². The molecule has 0 saturated heterocycles. The smallest absolute Gasteiger partial charge is 0.252 e. The second-order valence-electron chi connectivity index (χ2n) is 3.99. The largest absolute Gasteiger partial charge is 0.338 e. The summed E-state index contributed by atoms with van der Waals surface area (Å²) in [6.07, 6.45) is 8.56. The molecule has 2 aromatic rings. The van der Waals surface area contributed by atoms with Gasteiger partial charge in [-0.25, -0.2) is 4.98 Å². The molecular weight excluding hydrogens is 228 g/mol. The summed E-state index contributed by atoms with van der Waals surface area (Å²) in [5.41, 5.74) is 1.50. The predicted octanol–water partition coefficient (Wildman–Crippen LogP) is 1.86. The molecule has 0 spiro atoms. The van der Waals surface area contributed by atoms with Crippen molar-refractivity contribution in [1.29, 1.82) is 0 Å². The van der Waals surface area contributed by atoms with Crippen molar-refractivity contribution >= 4 is 17.8 Å². The van der Waals surface area contributed by atoms with E-state index in [0.29, 0.717) is 11.4 Å². The number of amides is 1. The molecule has 0 aliphatic heterocycles. The summed E-state index contributed by atoms with van der Waals surface area (Å²) in [5.74, 6) is 0.374. The number of aryl methyl sites for hydroxylation is 1. The highest BCUT2D eigenvalue weighted by Crippen LogP contribution is 2.08. The Morgan fingerprint density at radius 2 is 2.33 bits per heavy atom. The molecule has 2 aromatic heterocycles. The molecule has 0 radical (unpaired) electrons. The maximum absolute atomic E-state index is 11.9. The number of imidazole rings is 1. The first-order chi connectivity index (χ1) is 8.65. The third-order valence-corrected chi connectivity index (χ3v) is 2.37. The molecule has 0 bridgehead atoms. The van der Waals surface area contributed by atoms with E-state index in [1.807, 2.05) is 19.2 Å². The van der Waals surface area contributed by atoms with E-state index in [1.165, 1.54) is 0 Å². The van der Waals surface area contributed by atoms with Gasteiger partial charge in [0.1, 0.15) is 0 Å². The summed E-state index contributed by atoms with van der Waals surface area (Å²) in [7, 11) is 1.85. The SMILES string of the molecule is C/C(=C/c1cccnc1)C(=O)Nc1cn(C)cn1. The van der Waals surface area contributed by atoms with Crippen LogP contribution in [0.5, 0.6) is 0 Å². The predicted molar refractivity (Wildman–Crippen MR) is 69.7 cm³/mol. The van der Waals surface area contributed by atoms with E-state index in [-0.39, 0.29) is 5.91 Å². The molecule has 0 unspecified atom stereocenters. The Kier molecular flexibility index (Phi) is 3.52. The Morgan fingerprint density at radius 3 is 2.94 bits per heavy atom. The van der Waals surface area contributed by atoms with Gasteiger partial charge >= 0.3 is 0 Å². The van der Waals surface area contributed by atoms with Crippen LogP contribution in [0.1, 0.15) is 12.5 Å². The van der Waals surface area contributed by atoms with Gasteiger partial charge < -0.3 is 9.88 Å².